The summed E-state index contributed by atoms with van der Waals surface area (Å²) in [7, 11) is 0. The van der Waals surface area contributed by atoms with Gasteiger partial charge in [0.25, 0.3) is 0 Å². The second-order valence-corrected chi connectivity index (χ2v) is 13.9. The van der Waals surface area contributed by atoms with Gasteiger partial charge in [-0.05, 0) is 90.5 Å². The Bertz CT molecular complexity index is 2440. The van der Waals surface area contributed by atoms with Crippen molar-refractivity contribution < 1.29 is 95.2 Å². The first-order valence-corrected chi connectivity index (χ1v) is 20.1. The van der Waals surface area contributed by atoms with Crippen LogP contribution < -0.4 is 18.9 Å². The Morgan fingerprint density at radius 3 is 1.24 bits per heavy atom. The molecule has 0 aromatic heterocycles. The van der Waals surface area contributed by atoms with Crippen LogP contribution in [-0.2, 0) is 58.7 Å². The molecule has 348 valence electrons. The lowest BCUT2D eigenvalue weighted by molar-refractivity contribution is -0.153. The number of esters is 6. The number of ether oxygens (including phenoxy) is 12. The maximum absolute atomic E-state index is 13.0. The van der Waals surface area contributed by atoms with Crippen LogP contribution in [0.1, 0.15) is 36.6 Å². The van der Waals surface area contributed by atoms with E-state index in [1.54, 1.807) is 12.1 Å². The van der Waals surface area contributed by atoms with E-state index in [1.165, 1.54) is 84.9 Å². The molecular weight excluding hydrogens is 884 g/mol. The van der Waals surface area contributed by atoms with Gasteiger partial charge in [-0.3, -0.25) is 4.79 Å². The van der Waals surface area contributed by atoms with Crippen molar-refractivity contribution in [3.63, 3.8) is 0 Å². The fourth-order valence-corrected chi connectivity index (χ4v) is 6.10. The Morgan fingerprint density at radius 1 is 0.463 bits per heavy atom. The maximum atomic E-state index is 13.0. The van der Waals surface area contributed by atoms with Gasteiger partial charge >= 0.3 is 48.1 Å². The van der Waals surface area contributed by atoms with E-state index in [0.717, 1.165) is 12.2 Å². The molecule has 4 aromatic rings. The van der Waals surface area contributed by atoms with Crippen LogP contribution in [0.2, 0.25) is 0 Å². The summed E-state index contributed by atoms with van der Waals surface area (Å²) < 4.78 is 62.7. The summed E-state index contributed by atoms with van der Waals surface area (Å²) in [5, 5.41) is 0. The Kier molecular flexibility index (Phi) is 16.9. The Morgan fingerprint density at radius 2 is 0.821 bits per heavy atom. The maximum Gasteiger partial charge on any atom is 0.513 e. The molecule has 4 aromatic carbocycles. The molecular formula is C47H40O20. The number of fused-ring (bicyclic) bond motifs is 1. The van der Waals surface area contributed by atoms with E-state index >= 15 is 0 Å². The molecule has 2 saturated heterocycles. The molecule has 0 aliphatic carbocycles. The van der Waals surface area contributed by atoms with Gasteiger partial charge in [0.2, 0.25) is 0 Å². The quantitative estimate of drug-likeness (QED) is 0.0297. The highest BCUT2D eigenvalue weighted by atomic mass is 16.7. The van der Waals surface area contributed by atoms with Crippen molar-refractivity contribution in [2.45, 2.75) is 30.8 Å². The second-order valence-electron chi connectivity index (χ2n) is 13.9. The average Bonchev–Trinajstić information content (AvgIpc) is 3.92. The molecule has 67 heavy (non-hydrogen) atoms. The fourth-order valence-electron chi connectivity index (χ4n) is 6.10. The van der Waals surface area contributed by atoms with Crippen molar-refractivity contribution >= 4 is 48.1 Å². The summed E-state index contributed by atoms with van der Waals surface area (Å²) in [5.41, 5.74) is 1.01. The van der Waals surface area contributed by atoms with E-state index in [4.69, 9.17) is 56.8 Å². The summed E-state index contributed by atoms with van der Waals surface area (Å²) >= 11 is 0. The second kappa shape index (κ2) is 23.5. The normalized spacial score (nSPS) is 16.7. The molecule has 4 atom stereocenters. The van der Waals surface area contributed by atoms with Gasteiger partial charge in [0.05, 0.1) is 36.3 Å². The predicted molar refractivity (Wildman–Crippen MR) is 224 cm³/mol. The minimum absolute atomic E-state index is 0.00617. The Labute approximate surface area is 380 Å². The third-order valence-corrected chi connectivity index (χ3v) is 9.30. The van der Waals surface area contributed by atoms with Crippen LogP contribution in [0, 0.1) is 0 Å². The van der Waals surface area contributed by atoms with Crippen LogP contribution in [-0.4, -0.2) is 112 Å². The van der Waals surface area contributed by atoms with Gasteiger partial charge in [-0.2, -0.15) is 0 Å². The Balaban J connectivity index is 0.883. The molecule has 2 heterocycles. The predicted octanol–water partition coefficient (Wildman–Crippen LogP) is 5.09. The van der Waals surface area contributed by atoms with Gasteiger partial charge in [-0.15, -0.1) is 0 Å². The van der Waals surface area contributed by atoms with Gasteiger partial charge in [-0.25, -0.2) is 33.6 Å². The number of rotatable bonds is 19. The Hall–Kier alpha value is -8.36. The third kappa shape index (κ3) is 14.3. The van der Waals surface area contributed by atoms with Crippen LogP contribution in [0.5, 0.6) is 23.0 Å². The van der Waals surface area contributed by atoms with Crippen molar-refractivity contribution in [3.8, 4) is 23.0 Å². The zero-order valence-corrected chi connectivity index (χ0v) is 35.2. The van der Waals surface area contributed by atoms with Gasteiger partial charge in [0.1, 0.15) is 61.6 Å². The molecule has 0 unspecified atom stereocenters. The van der Waals surface area contributed by atoms with Crippen molar-refractivity contribution in [1.29, 1.82) is 0 Å². The van der Waals surface area contributed by atoms with Crippen molar-refractivity contribution in [1.82, 2.24) is 0 Å². The highest BCUT2D eigenvalue weighted by molar-refractivity contribution is 5.93. The number of hydrogen-bond donors (Lipinski definition) is 0. The SMILES string of the molecule is C=CC(=O)OCCOC(=O)Oc1ccc(C(=O)Oc2ccc(CC(=O)O[C@@H]3CO[C@@H]4[C@H]3OC[C@H]4OC(=O)c3ccc(OC(=O)c4ccc(OC(=O)OCCOC(=O)C=C)cc4)cc3)cc2)cc1. The molecule has 0 radical (unpaired) electrons. The van der Waals surface area contributed by atoms with E-state index in [1.807, 2.05) is 0 Å². The monoisotopic (exact) mass is 924 g/mol. The number of hydrogen-bond acceptors (Lipinski definition) is 20. The summed E-state index contributed by atoms with van der Waals surface area (Å²) in [5.74, 6) is -3.50. The van der Waals surface area contributed by atoms with Crippen LogP contribution in [0.15, 0.2) is 122 Å². The van der Waals surface area contributed by atoms with Gasteiger partial charge in [0.15, 0.2) is 12.2 Å². The highest BCUT2D eigenvalue weighted by Gasteiger charge is 2.51. The van der Waals surface area contributed by atoms with E-state index in [-0.39, 0.29) is 85.8 Å². The average molecular weight is 925 g/mol. The van der Waals surface area contributed by atoms with Crippen molar-refractivity contribution in [2.75, 3.05) is 39.6 Å². The van der Waals surface area contributed by atoms with Gasteiger partial charge in [-0.1, -0.05) is 25.3 Å². The van der Waals surface area contributed by atoms with Crippen LogP contribution >= 0.6 is 0 Å². The summed E-state index contributed by atoms with van der Waals surface area (Å²) in [6.07, 6.45) is -3.20. The first-order valence-electron chi connectivity index (χ1n) is 20.1. The lowest BCUT2D eigenvalue weighted by Gasteiger charge is -2.17. The minimum Gasteiger partial charge on any atom is -0.459 e. The molecule has 0 spiro atoms. The largest absolute Gasteiger partial charge is 0.513 e. The standard InChI is InChI=1S/C47H40O20/c1-3-38(48)56-21-23-58-46(54)64-34-17-9-29(10-18-34)43(51)62-32-13-5-28(6-14-32)25-40(50)66-36-26-60-42-37(27-61-41(36)42)67-45(53)31-7-15-33(16-8-31)63-44(52)30-11-19-35(20-12-30)65-47(55)59-24-22-57-39(49)4-2/h3-20,36-37,41-42H,1-2,21-27H2/t36-,37-,41+,42+/m1/s1. The number of carbonyl (C=O) groups excluding carboxylic acids is 8. The molecule has 20 nitrogen and oxygen atoms in total. The smallest absolute Gasteiger partial charge is 0.459 e. The molecule has 0 amide bonds. The number of carbonyl (C=O) groups is 8. The van der Waals surface area contributed by atoms with Crippen molar-refractivity contribution in [3.05, 3.63) is 145 Å². The zero-order valence-electron chi connectivity index (χ0n) is 35.2. The van der Waals surface area contributed by atoms with E-state index in [9.17, 15) is 38.4 Å². The fraction of sp³-hybridized carbons (Fsp3) is 0.234. The molecule has 6 rings (SSSR count). The molecule has 20 heteroatoms. The molecule has 2 aliphatic rings. The van der Waals surface area contributed by atoms with E-state index < -0.39 is 72.5 Å². The third-order valence-electron chi connectivity index (χ3n) is 9.30. The summed E-state index contributed by atoms with van der Waals surface area (Å²) in [4.78, 5) is 97.0. The summed E-state index contributed by atoms with van der Waals surface area (Å²) in [6.45, 7) is 5.68. The molecule has 0 bridgehead atoms. The minimum atomic E-state index is -1.04. The highest BCUT2D eigenvalue weighted by Crippen LogP contribution is 2.32. The first kappa shape index (κ1) is 48.1. The molecule has 0 N–H and O–H groups in total. The zero-order chi connectivity index (χ0) is 47.7. The number of benzene rings is 4. The van der Waals surface area contributed by atoms with Crippen LogP contribution in [0.3, 0.4) is 0 Å². The van der Waals surface area contributed by atoms with Crippen LogP contribution in [0.4, 0.5) is 9.59 Å². The summed E-state index contributed by atoms with van der Waals surface area (Å²) in [6, 6.07) is 22.8. The lowest BCUT2D eigenvalue weighted by atomic mass is 10.1. The van der Waals surface area contributed by atoms with Gasteiger partial charge in [0, 0.05) is 12.2 Å². The molecule has 2 fully saturated rings. The van der Waals surface area contributed by atoms with Crippen molar-refractivity contribution in [2.24, 2.45) is 0 Å². The topological polar surface area (TPSA) is 247 Å². The van der Waals surface area contributed by atoms with E-state index in [0.29, 0.717) is 5.56 Å². The first-order chi connectivity index (χ1) is 32.4. The van der Waals surface area contributed by atoms with E-state index in [2.05, 4.69) is 13.2 Å². The molecule has 0 saturated carbocycles. The van der Waals surface area contributed by atoms with Crippen LogP contribution in [0.25, 0.3) is 0 Å². The molecule has 2 aliphatic heterocycles. The lowest BCUT2D eigenvalue weighted by Crippen LogP contribution is -2.36. The van der Waals surface area contributed by atoms with Gasteiger partial charge < -0.3 is 56.8 Å².